The van der Waals surface area contributed by atoms with E-state index in [-0.39, 0.29) is 29.5 Å². The largest absolute Gasteiger partial charge is 0.462 e. The number of esters is 1. The van der Waals surface area contributed by atoms with Crippen LogP contribution in [0.1, 0.15) is 52.4 Å². The lowest BCUT2D eigenvalue weighted by molar-refractivity contribution is -0.234. The van der Waals surface area contributed by atoms with Gasteiger partial charge < -0.3 is 20.1 Å². The predicted octanol–water partition coefficient (Wildman–Crippen LogP) is 1.86. The van der Waals surface area contributed by atoms with Crippen LogP contribution >= 0.6 is 0 Å². The Kier molecular flexibility index (Phi) is 3.14. The van der Waals surface area contributed by atoms with Crippen molar-refractivity contribution in [2.45, 2.75) is 75.8 Å². The second-order valence-corrected chi connectivity index (χ2v) is 9.49. The van der Waals surface area contributed by atoms with Crippen molar-refractivity contribution in [3.8, 4) is 0 Å². The van der Waals surface area contributed by atoms with Crippen molar-refractivity contribution < 1.29 is 24.9 Å². The lowest BCUT2D eigenvalue weighted by Gasteiger charge is -2.61. The van der Waals surface area contributed by atoms with Crippen molar-refractivity contribution in [2.75, 3.05) is 0 Å². The van der Waals surface area contributed by atoms with Gasteiger partial charge in [0.25, 0.3) is 0 Å². The maximum Gasteiger partial charge on any atom is 0.319 e. The van der Waals surface area contributed by atoms with Gasteiger partial charge in [0.05, 0.1) is 6.10 Å². The maximum absolute atomic E-state index is 12.9. The summed E-state index contributed by atoms with van der Waals surface area (Å²) in [4.78, 5) is 12.9. The number of hydrogen-bond acceptors (Lipinski definition) is 5. The van der Waals surface area contributed by atoms with Gasteiger partial charge in [0.1, 0.15) is 22.7 Å². The highest BCUT2D eigenvalue weighted by Gasteiger charge is 2.78. The molecular formula is C21H28O5. The number of aliphatic hydroxyl groups excluding tert-OH is 1. The standard InChI is InChI=1S/C21H28O5/c1-12-15-5-10-21(25)19(15,17(23)26-12)8-6-16-18(2)7-4-14(22)11-13(18)3-9-20(16,21)24/h3,6,8,12,14-16,22,24-25H,4-5,7,9-11H2,1-2H3/t12-,14-,15+,16+,18-,19+,20+,21+/m0/s1. The smallest absolute Gasteiger partial charge is 0.319 e. The Morgan fingerprint density at radius 1 is 1.23 bits per heavy atom. The number of rotatable bonds is 0. The highest BCUT2D eigenvalue weighted by molar-refractivity contribution is 5.85. The van der Waals surface area contributed by atoms with Crippen molar-refractivity contribution >= 4 is 5.97 Å². The van der Waals surface area contributed by atoms with Crippen LogP contribution in [0.2, 0.25) is 0 Å². The van der Waals surface area contributed by atoms with Gasteiger partial charge in [-0.3, -0.25) is 4.79 Å². The number of carbonyl (C=O) groups is 1. The molecule has 26 heavy (non-hydrogen) atoms. The Bertz CT molecular complexity index is 743. The van der Waals surface area contributed by atoms with Crippen LogP contribution in [0.3, 0.4) is 0 Å². The molecule has 1 saturated heterocycles. The Balaban J connectivity index is 1.68. The summed E-state index contributed by atoms with van der Waals surface area (Å²) < 4.78 is 5.51. The van der Waals surface area contributed by atoms with Gasteiger partial charge in [0, 0.05) is 11.8 Å². The molecule has 4 aliphatic carbocycles. The number of aliphatic hydroxyl groups is 3. The van der Waals surface area contributed by atoms with Crippen LogP contribution in [0.15, 0.2) is 23.8 Å². The number of ether oxygens (including phenoxy) is 1. The third-order valence-electron chi connectivity index (χ3n) is 8.60. The quantitative estimate of drug-likeness (QED) is 0.453. The Hall–Kier alpha value is -1.17. The van der Waals surface area contributed by atoms with E-state index in [0.29, 0.717) is 32.1 Å². The highest BCUT2D eigenvalue weighted by Crippen LogP contribution is 2.69. The van der Waals surface area contributed by atoms with Crippen LogP contribution in [0.4, 0.5) is 0 Å². The topological polar surface area (TPSA) is 87.0 Å². The molecule has 3 N–H and O–H groups in total. The van der Waals surface area contributed by atoms with Gasteiger partial charge in [0.2, 0.25) is 0 Å². The molecule has 5 nitrogen and oxygen atoms in total. The molecule has 8 atom stereocenters. The summed E-state index contributed by atoms with van der Waals surface area (Å²) in [6, 6.07) is 0. The average Bonchev–Trinajstić information content (AvgIpc) is 3.03. The van der Waals surface area contributed by atoms with E-state index in [9.17, 15) is 20.1 Å². The van der Waals surface area contributed by atoms with E-state index in [4.69, 9.17) is 4.74 Å². The van der Waals surface area contributed by atoms with E-state index < -0.39 is 22.6 Å². The fourth-order valence-electron chi connectivity index (χ4n) is 7.15. The van der Waals surface area contributed by atoms with Crippen molar-refractivity contribution in [3.05, 3.63) is 23.8 Å². The summed E-state index contributed by atoms with van der Waals surface area (Å²) in [7, 11) is 0. The van der Waals surface area contributed by atoms with Crippen LogP contribution in [0, 0.1) is 22.7 Å². The van der Waals surface area contributed by atoms with Crippen LogP contribution in [0.25, 0.3) is 0 Å². The van der Waals surface area contributed by atoms with E-state index in [2.05, 4.69) is 6.92 Å². The number of hydrogen-bond donors (Lipinski definition) is 3. The van der Waals surface area contributed by atoms with Gasteiger partial charge in [-0.15, -0.1) is 0 Å². The SMILES string of the molecule is C[C@@H]1OC(=O)[C@]23C=C[C@@H]4[C@@]5(C)CC[C@H](O)CC5=CC[C@]4(O)[C@@]2(O)CC[C@H]13. The van der Waals surface area contributed by atoms with Gasteiger partial charge in [-0.05, 0) is 50.9 Å². The van der Waals surface area contributed by atoms with Crippen molar-refractivity contribution in [1.29, 1.82) is 0 Å². The van der Waals surface area contributed by atoms with Gasteiger partial charge in [-0.25, -0.2) is 0 Å². The second kappa shape index (κ2) is 4.81. The fraction of sp³-hybridized carbons (Fsp3) is 0.762. The molecular weight excluding hydrogens is 332 g/mol. The summed E-state index contributed by atoms with van der Waals surface area (Å²) in [5, 5.41) is 33.9. The van der Waals surface area contributed by atoms with Crippen LogP contribution in [-0.4, -0.2) is 44.7 Å². The molecule has 5 aliphatic rings. The fourth-order valence-corrected chi connectivity index (χ4v) is 7.15. The highest BCUT2D eigenvalue weighted by atomic mass is 16.6. The minimum Gasteiger partial charge on any atom is -0.462 e. The average molecular weight is 360 g/mol. The molecule has 0 aromatic rings. The van der Waals surface area contributed by atoms with Crippen molar-refractivity contribution in [2.24, 2.45) is 22.7 Å². The first-order chi connectivity index (χ1) is 12.2. The lowest BCUT2D eigenvalue weighted by Crippen LogP contribution is -2.71. The van der Waals surface area contributed by atoms with E-state index in [1.807, 2.05) is 25.2 Å². The molecule has 0 unspecified atom stereocenters. The Morgan fingerprint density at radius 2 is 2.00 bits per heavy atom. The normalized spacial score (nSPS) is 57.6. The molecule has 1 spiro atoms. The number of cyclic esters (lactones) is 1. The number of carbonyl (C=O) groups excluding carboxylic acids is 1. The second-order valence-electron chi connectivity index (χ2n) is 9.49. The van der Waals surface area contributed by atoms with E-state index >= 15 is 0 Å². The molecule has 0 radical (unpaired) electrons. The summed E-state index contributed by atoms with van der Waals surface area (Å²) in [5.74, 6) is -0.745. The molecule has 0 aromatic heterocycles. The summed E-state index contributed by atoms with van der Waals surface area (Å²) in [6.45, 7) is 4.02. The Labute approximate surface area is 153 Å². The lowest BCUT2D eigenvalue weighted by atomic mass is 9.46. The van der Waals surface area contributed by atoms with Gasteiger partial charge in [-0.1, -0.05) is 30.7 Å². The maximum atomic E-state index is 12.9. The zero-order chi connectivity index (χ0) is 18.5. The zero-order valence-electron chi connectivity index (χ0n) is 15.4. The molecule has 5 heteroatoms. The zero-order valence-corrected chi connectivity index (χ0v) is 15.4. The first-order valence-electron chi connectivity index (χ1n) is 9.92. The first-order valence-corrected chi connectivity index (χ1v) is 9.92. The summed E-state index contributed by atoms with van der Waals surface area (Å²) in [6.07, 6.45) is 8.79. The van der Waals surface area contributed by atoms with Crippen molar-refractivity contribution in [1.82, 2.24) is 0 Å². The molecule has 5 rings (SSSR count). The molecule has 0 amide bonds. The molecule has 142 valence electrons. The molecule has 1 aliphatic heterocycles. The van der Waals surface area contributed by atoms with Gasteiger partial charge >= 0.3 is 5.97 Å². The van der Waals surface area contributed by atoms with Gasteiger partial charge in [-0.2, -0.15) is 0 Å². The minimum atomic E-state index is -1.51. The first kappa shape index (κ1) is 17.0. The number of fused-ring (bicyclic) bond motifs is 4. The van der Waals surface area contributed by atoms with E-state index in [0.717, 1.165) is 6.42 Å². The molecule has 1 heterocycles. The Morgan fingerprint density at radius 3 is 2.77 bits per heavy atom. The van der Waals surface area contributed by atoms with E-state index in [1.54, 1.807) is 0 Å². The third kappa shape index (κ3) is 1.59. The monoisotopic (exact) mass is 360 g/mol. The van der Waals surface area contributed by atoms with Crippen molar-refractivity contribution in [3.63, 3.8) is 0 Å². The molecule has 3 fully saturated rings. The summed E-state index contributed by atoms with van der Waals surface area (Å²) in [5.41, 5.74) is -3.15. The molecule has 0 bridgehead atoms. The van der Waals surface area contributed by atoms with E-state index in [1.165, 1.54) is 5.57 Å². The molecule has 2 saturated carbocycles. The third-order valence-corrected chi connectivity index (χ3v) is 8.60. The molecule has 0 aromatic carbocycles. The summed E-state index contributed by atoms with van der Waals surface area (Å²) >= 11 is 0. The predicted molar refractivity (Wildman–Crippen MR) is 93.9 cm³/mol. The van der Waals surface area contributed by atoms with Gasteiger partial charge in [0.15, 0.2) is 0 Å². The van der Waals surface area contributed by atoms with Crippen LogP contribution < -0.4 is 0 Å². The van der Waals surface area contributed by atoms with Crippen LogP contribution in [0.5, 0.6) is 0 Å². The minimum absolute atomic E-state index is 0.0902. The van der Waals surface area contributed by atoms with Crippen LogP contribution in [-0.2, 0) is 9.53 Å².